The summed E-state index contributed by atoms with van der Waals surface area (Å²) in [7, 11) is 0. The molecule has 13 heavy (non-hydrogen) atoms. The van der Waals surface area contributed by atoms with E-state index >= 15 is 0 Å². The minimum Gasteiger partial charge on any atom is -0.545 e. The average molecular weight is 240 g/mol. The lowest BCUT2D eigenvalue weighted by Crippen LogP contribution is -2.22. The van der Waals surface area contributed by atoms with Gasteiger partial charge in [-0.1, -0.05) is 46.3 Å². The van der Waals surface area contributed by atoms with E-state index in [2.05, 4.69) is 15.9 Å². The highest BCUT2D eigenvalue weighted by molar-refractivity contribution is 9.09. The predicted molar refractivity (Wildman–Crippen MR) is 53.6 cm³/mol. The van der Waals surface area contributed by atoms with Crippen LogP contribution in [0.4, 0.5) is 0 Å². The molecule has 0 spiro atoms. The third-order valence-corrected chi connectivity index (χ3v) is 1.90. The van der Waals surface area contributed by atoms with E-state index in [1.807, 2.05) is 18.2 Å². The van der Waals surface area contributed by atoms with Gasteiger partial charge in [0.05, 0.1) is 5.97 Å². The lowest BCUT2D eigenvalue weighted by atomic mass is 10.1. The molecule has 0 saturated heterocycles. The standard InChI is InChI=1S/C10H9BrO2/c11-6-2-4-8-3-1-5-9(7-8)10(12)13/h1-5,7H,6H2,(H,12,13)/p-1/b4-2+. The lowest BCUT2D eigenvalue weighted by Gasteiger charge is -2.02. The number of hydrogen-bond acceptors (Lipinski definition) is 2. The van der Waals surface area contributed by atoms with Crippen molar-refractivity contribution in [1.82, 2.24) is 0 Å². The highest BCUT2D eigenvalue weighted by atomic mass is 79.9. The molecule has 0 unspecified atom stereocenters. The van der Waals surface area contributed by atoms with Crippen molar-refractivity contribution >= 4 is 28.0 Å². The zero-order chi connectivity index (χ0) is 9.68. The number of halogens is 1. The molecule has 3 heteroatoms. The molecule has 0 heterocycles. The molecular formula is C10H8BrO2-. The fourth-order valence-electron chi connectivity index (χ4n) is 0.950. The van der Waals surface area contributed by atoms with Crippen LogP contribution in [0, 0.1) is 0 Å². The van der Waals surface area contributed by atoms with E-state index in [0.29, 0.717) is 0 Å². The monoisotopic (exact) mass is 239 g/mol. The van der Waals surface area contributed by atoms with Crippen molar-refractivity contribution in [1.29, 1.82) is 0 Å². The number of alkyl halides is 1. The van der Waals surface area contributed by atoms with E-state index in [9.17, 15) is 9.90 Å². The van der Waals surface area contributed by atoms with Gasteiger partial charge in [-0.15, -0.1) is 0 Å². The van der Waals surface area contributed by atoms with Crippen LogP contribution < -0.4 is 5.11 Å². The van der Waals surface area contributed by atoms with Crippen molar-refractivity contribution in [2.45, 2.75) is 0 Å². The Labute approximate surface area is 85.0 Å². The van der Waals surface area contributed by atoms with Crippen molar-refractivity contribution in [2.24, 2.45) is 0 Å². The second-order valence-electron chi connectivity index (χ2n) is 2.47. The Kier molecular flexibility index (Phi) is 3.71. The van der Waals surface area contributed by atoms with E-state index in [1.54, 1.807) is 12.1 Å². The van der Waals surface area contributed by atoms with Crippen LogP contribution in [-0.2, 0) is 0 Å². The van der Waals surface area contributed by atoms with Crippen LogP contribution in [0.5, 0.6) is 0 Å². The van der Waals surface area contributed by atoms with Crippen molar-refractivity contribution in [3.63, 3.8) is 0 Å². The van der Waals surface area contributed by atoms with Gasteiger partial charge >= 0.3 is 0 Å². The molecule has 1 aromatic carbocycles. The maximum Gasteiger partial charge on any atom is 0.0715 e. The summed E-state index contributed by atoms with van der Waals surface area (Å²) in [6.45, 7) is 0. The molecule has 0 amide bonds. The molecule has 0 bridgehead atoms. The zero-order valence-electron chi connectivity index (χ0n) is 6.87. The van der Waals surface area contributed by atoms with Gasteiger partial charge in [-0.2, -0.15) is 0 Å². The zero-order valence-corrected chi connectivity index (χ0v) is 8.45. The Morgan fingerprint density at radius 2 is 2.31 bits per heavy atom. The van der Waals surface area contributed by atoms with E-state index in [4.69, 9.17) is 0 Å². The molecule has 0 aliphatic rings. The smallest absolute Gasteiger partial charge is 0.0715 e. The minimum absolute atomic E-state index is 0.205. The quantitative estimate of drug-likeness (QED) is 0.750. The molecule has 0 atom stereocenters. The minimum atomic E-state index is -1.14. The van der Waals surface area contributed by atoms with E-state index in [1.165, 1.54) is 6.07 Å². The normalized spacial score (nSPS) is 10.5. The second-order valence-corrected chi connectivity index (χ2v) is 3.12. The topological polar surface area (TPSA) is 40.1 Å². The molecular weight excluding hydrogens is 232 g/mol. The maximum atomic E-state index is 10.5. The molecule has 0 saturated carbocycles. The summed E-state index contributed by atoms with van der Waals surface area (Å²) in [6.07, 6.45) is 3.75. The number of allylic oxidation sites excluding steroid dienone is 1. The number of hydrogen-bond donors (Lipinski definition) is 0. The fourth-order valence-corrected chi connectivity index (χ4v) is 1.14. The number of benzene rings is 1. The Bertz CT molecular complexity index is 331. The fraction of sp³-hybridized carbons (Fsp3) is 0.100. The van der Waals surface area contributed by atoms with Crippen LogP contribution >= 0.6 is 15.9 Å². The Morgan fingerprint density at radius 3 is 2.92 bits per heavy atom. The molecule has 68 valence electrons. The number of carbonyl (C=O) groups excluding carboxylic acids is 1. The number of aromatic carboxylic acids is 1. The molecule has 0 aliphatic carbocycles. The highest BCUT2D eigenvalue weighted by Gasteiger charge is 1.92. The summed E-state index contributed by atoms with van der Waals surface area (Å²) in [5.74, 6) is -1.14. The third-order valence-electron chi connectivity index (χ3n) is 1.52. The number of rotatable bonds is 3. The highest BCUT2D eigenvalue weighted by Crippen LogP contribution is 2.06. The van der Waals surface area contributed by atoms with Crippen LogP contribution in [0.15, 0.2) is 30.3 Å². The first-order chi connectivity index (χ1) is 6.24. The van der Waals surface area contributed by atoms with Crippen molar-refractivity contribution < 1.29 is 9.90 Å². The SMILES string of the molecule is O=C([O-])c1cccc(/C=C/CBr)c1. The van der Waals surface area contributed by atoms with Gasteiger partial charge in [0.25, 0.3) is 0 Å². The first-order valence-corrected chi connectivity index (χ1v) is 4.90. The number of carboxylic acids is 1. The number of carbonyl (C=O) groups is 1. The molecule has 0 aromatic heterocycles. The summed E-state index contributed by atoms with van der Waals surface area (Å²) >= 11 is 3.24. The van der Waals surface area contributed by atoms with E-state index < -0.39 is 5.97 Å². The van der Waals surface area contributed by atoms with Crippen LogP contribution in [0.2, 0.25) is 0 Å². The van der Waals surface area contributed by atoms with E-state index in [-0.39, 0.29) is 5.56 Å². The summed E-state index contributed by atoms with van der Waals surface area (Å²) < 4.78 is 0. The van der Waals surface area contributed by atoms with Gasteiger partial charge in [-0.25, -0.2) is 0 Å². The third kappa shape index (κ3) is 3.03. The van der Waals surface area contributed by atoms with Gasteiger partial charge in [0.2, 0.25) is 0 Å². The Balaban J connectivity index is 2.92. The van der Waals surface area contributed by atoms with Crippen molar-refractivity contribution in [3.05, 3.63) is 41.5 Å². The van der Waals surface area contributed by atoms with Gasteiger partial charge < -0.3 is 9.90 Å². The number of carboxylic acid groups (broad SMARTS) is 1. The first-order valence-electron chi connectivity index (χ1n) is 3.78. The van der Waals surface area contributed by atoms with Gasteiger partial charge in [-0.05, 0) is 17.2 Å². The van der Waals surface area contributed by atoms with E-state index in [0.717, 1.165) is 10.9 Å². The van der Waals surface area contributed by atoms with Crippen LogP contribution in [-0.4, -0.2) is 11.3 Å². The molecule has 1 rings (SSSR count). The summed E-state index contributed by atoms with van der Waals surface area (Å²) in [5.41, 5.74) is 1.07. The van der Waals surface area contributed by atoms with Gasteiger partial charge in [-0.3, -0.25) is 0 Å². The van der Waals surface area contributed by atoms with Crippen molar-refractivity contribution in [2.75, 3.05) is 5.33 Å². The molecule has 0 aliphatic heterocycles. The van der Waals surface area contributed by atoms with Gasteiger partial charge in [0.1, 0.15) is 0 Å². The second kappa shape index (κ2) is 4.82. The van der Waals surface area contributed by atoms with Gasteiger partial charge in [0.15, 0.2) is 0 Å². The molecule has 2 nitrogen and oxygen atoms in total. The summed E-state index contributed by atoms with van der Waals surface area (Å²) in [6, 6.07) is 6.62. The largest absolute Gasteiger partial charge is 0.545 e. The van der Waals surface area contributed by atoms with Gasteiger partial charge in [0, 0.05) is 5.33 Å². The molecule has 0 N–H and O–H groups in total. The predicted octanol–water partition coefficient (Wildman–Crippen LogP) is 1.46. The molecule has 0 fully saturated rings. The Hall–Kier alpha value is -1.09. The van der Waals surface area contributed by atoms with Crippen molar-refractivity contribution in [3.8, 4) is 0 Å². The molecule has 0 radical (unpaired) electrons. The Morgan fingerprint density at radius 1 is 1.54 bits per heavy atom. The van der Waals surface area contributed by atoms with Crippen LogP contribution in [0.3, 0.4) is 0 Å². The lowest BCUT2D eigenvalue weighted by molar-refractivity contribution is -0.255. The maximum absolute atomic E-state index is 10.5. The molecule has 1 aromatic rings. The van der Waals surface area contributed by atoms with Crippen LogP contribution in [0.25, 0.3) is 6.08 Å². The summed E-state index contributed by atoms with van der Waals surface area (Å²) in [4.78, 5) is 10.5. The average Bonchev–Trinajstić information content (AvgIpc) is 2.15. The summed E-state index contributed by atoms with van der Waals surface area (Å²) in [5, 5.41) is 11.2. The first kappa shape index (κ1) is 9.99. The van der Waals surface area contributed by atoms with Crippen LogP contribution in [0.1, 0.15) is 15.9 Å².